The summed E-state index contributed by atoms with van der Waals surface area (Å²) in [6, 6.07) is 5.81. The molecule has 1 N–H and O–H groups in total. The molecule has 6 heteroatoms. The van der Waals surface area contributed by atoms with Gasteiger partial charge in [-0.05, 0) is 18.6 Å². The predicted molar refractivity (Wildman–Crippen MR) is 81.7 cm³/mol. The van der Waals surface area contributed by atoms with E-state index in [0.717, 1.165) is 28.3 Å². The van der Waals surface area contributed by atoms with E-state index in [0.29, 0.717) is 5.82 Å². The minimum atomic E-state index is 0.610. The lowest BCUT2D eigenvalue weighted by Gasteiger charge is -2.08. The van der Waals surface area contributed by atoms with Gasteiger partial charge in [0.05, 0.1) is 11.9 Å². The summed E-state index contributed by atoms with van der Waals surface area (Å²) >= 11 is 0. The fourth-order valence-corrected chi connectivity index (χ4v) is 2.10. The summed E-state index contributed by atoms with van der Waals surface area (Å²) in [5, 5.41) is 7.26. The molecule has 0 amide bonds. The average molecular weight is 280 g/mol. The number of rotatable bonds is 3. The van der Waals surface area contributed by atoms with Crippen LogP contribution < -0.4 is 5.32 Å². The van der Waals surface area contributed by atoms with E-state index >= 15 is 0 Å². The summed E-state index contributed by atoms with van der Waals surface area (Å²) in [5.41, 5.74) is 3.61. The number of hydrogen-bond acceptors (Lipinski definition) is 5. The zero-order valence-electron chi connectivity index (χ0n) is 12.2. The first-order valence-electron chi connectivity index (χ1n) is 6.65. The molecule has 0 aliphatic heterocycles. The number of nitrogens with one attached hydrogen (secondary N) is 1. The van der Waals surface area contributed by atoms with Crippen molar-refractivity contribution < 1.29 is 0 Å². The van der Waals surface area contributed by atoms with Crippen molar-refractivity contribution in [3.8, 4) is 22.8 Å². The van der Waals surface area contributed by atoms with Crippen LogP contribution in [0.5, 0.6) is 0 Å². The van der Waals surface area contributed by atoms with Gasteiger partial charge in [-0.3, -0.25) is 9.67 Å². The summed E-state index contributed by atoms with van der Waals surface area (Å²) in [6.07, 6.45) is 5.47. The minimum Gasteiger partial charge on any atom is -0.373 e. The van der Waals surface area contributed by atoms with Gasteiger partial charge in [-0.2, -0.15) is 5.10 Å². The number of anilines is 1. The van der Waals surface area contributed by atoms with Gasteiger partial charge < -0.3 is 5.32 Å². The van der Waals surface area contributed by atoms with Crippen LogP contribution in [0.15, 0.2) is 36.8 Å². The Morgan fingerprint density at radius 2 is 2.10 bits per heavy atom. The van der Waals surface area contributed by atoms with Gasteiger partial charge in [0.15, 0.2) is 5.82 Å². The molecule has 106 valence electrons. The van der Waals surface area contributed by atoms with Crippen LogP contribution in [0.4, 0.5) is 5.82 Å². The van der Waals surface area contributed by atoms with Crippen molar-refractivity contribution in [3.63, 3.8) is 0 Å². The van der Waals surface area contributed by atoms with Crippen molar-refractivity contribution in [1.29, 1.82) is 0 Å². The van der Waals surface area contributed by atoms with Gasteiger partial charge in [-0.15, -0.1) is 0 Å². The molecule has 0 aliphatic rings. The Morgan fingerprint density at radius 1 is 1.24 bits per heavy atom. The highest BCUT2D eigenvalue weighted by Gasteiger charge is 2.11. The second-order valence-electron chi connectivity index (χ2n) is 4.78. The molecular weight excluding hydrogens is 264 g/mol. The maximum atomic E-state index is 4.63. The third-order valence-corrected chi connectivity index (χ3v) is 3.20. The van der Waals surface area contributed by atoms with Gasteiger partial charge in [0.2, 0.25) is 0 Å². The largest absolute Gasteiger partial charge is 0.373 e. The van der Waals surface area contributed by atoms with Crippen LogP contribution in [-0.2, 0) is 7.05 Å². The van der Waals surface area contributed by atoms with Gasteiger partial charge in [0.25, 0.3) is 0 Å². The van der Waals surface area contributed by atoms with Crippen LogP contribution >= 0.6 is 0 Å². The van der Waals surface area contributed by atoms with Crippen molar-refractivity contribution in [3.05, 3.63) is 42.4 Å². The summed E-state index contributed by atoms with van der Waals surface area (Å²) < 4.78 is 1.75. The van der Waals surface area contributed by atoms with Gasteiger partial charge in [0.1, 0.15) is 11.5 Å². The molecule has 0 aromatic carbocycles. The summed E-state index contributed by atoms with van der Waals surface area (Å²) in [7, 11) is 3.72. The van der Waals surface area contributed by atoms with E-state index in [4.69, 9.17) is 0 Å². The lowest BCUT2D eigenvalue weighted by Crippen LogP contribution is -2.00. The van der Waals surface area contributed by atoms with Gasteiger partial charge in [-0.1, -0.05) is 6.07 Å². The third-order valence-electron chi connectivity index (χ3n) is 3.20. The Morgan fingerprint density at radius 3 is 2.76 bits per heavy atom. The molecule has 0 fully saturated rings. The zero-order valence-corrected chi connectivity index (χ0v) is 12.2. The topological polar surface area (TPSA) is 68.5 Å². The smallest absolute Gasteiger partial charge is 0.181 e. The van der Waals surface area contributed by atoms with Crippen LogP contribution in [0.3, 0.4) is 0 Å². The van der Waals surface area contributed by atoms with Crippen molar-refractivity contribution in [2.45, 2.75) is 6.92 Å². The molecule has 6 nitrogen and oxygen atoms in total. The predicted octanol–water partition coefficient (Wildman–Crippen LogP) is 2.29. The quantitative estimate of drug-likeness (QED) is 0.797. The highest BCUT2D eigenvalue weighted by molar-refractivity contribution is 5.66. The molecule has 3 aromatic rings. The molecule has 3 heterocycles. The van der Waals surface area contributed by atoms with Gasteiger partial charge in [-0.25, -0.2) is 9.97 Å². The van der Waals surface area contributed by atoms with E-state index in [1.54, 1.807) is 17.1 Å². The van der Waals surface area contributed by atoms with Crippen LogP contribution in [-0.4, -0.2) is 31.8 Å². The molecule has 0 unspecified atom stereocenters. The fourth-order valence-electron chi connectivity index (χ4n) is 2.10. The summed E-state index contributed by atoms with van der Waals surface area (Å²) in [4.78, 5) is 13.5. The molecule has 0 aliphatic carbocycles. The molecule has 21 heavy (non-hydrogen) atoms. The van der Waals surface area contributed by atoms with Crippen molar-refractivity contribution >= 4 is 5.82 Å². The van der Waals surface area contributed by atoms with Crippen molar-refractivity contribution in [1.82, 2.24) is 24.7 Å². The molecule has 3 aromatic heterocycles. The first-order valence-corrected chi connectivity index (χ1v) is 6.65. The Labute approximate surface area is 122 Å². The lowest BCUT2D eigenvalue weighted by atomic mass is 10.2. The Kier molecular flexibility index (Phi) is 3.35. The van der Waals surface area contributed by atoms with E-state index in [9.17, 15) is 0 Å². The van der Waals surface area contributed by atoms with E-state index in [1.807, 2.05) is 45.4 Å². The van der Waals surface area contributed by atoms with Crippen LogP contribution in [0.2, 0.25) is 0 Å². The van der Waals surface area contributed by atoms with Crippen LogP contribution in [0.1, 0.15) is 5.56 Å². The summed E-state index contributed by atoms with van der Waals surface area (Å²) in [6.45, 7) is 2.00. The molecule has 0 atom stereocenters. The Bertz CT molecular complexity index is 777. The average Bonchev–Trinajstić information content (AvgIpc) is 2.94. The monoisotopic (exact) mass is 280 g/mol. The van der Waals surface area contributed by atoms with Crippen molar-refractivity contribution in [2.75, 3.05) is 12.4 Å². The number of aromatic nitrogens is 5. The first kappa shape index (κ1) is 13.2. The maximum absolute atomic E-state index is 4.63. The zero-order chi connectivity index (χ0) is 14.8. The first-order chi connectivity index (χ1) is 10.2. The number of nitrogens with zero attached hydrogens (tertiary/aromatic N) is 5. The highest BCUT2D eigenvalue weighted by atomic mass is 15.2. The molecule has 0 saturated carbocycles. The molecule has 3 rings (SSSR count). The Balaban J connectivity index is 2.16. The molecule has 0 bridgehead atoms. The maximum Gasteiger partial charge on any atom is 0.181 e. The highest BCUT2D eigenvalue weighted by Crippen LogP contribution is 2.24. The normalized spacial score (nSPS) is 10.6. The third kappa shape index (κ3) is 2.60. The molecular formula is C15H16N6. The van der Waals surface area contributed by atoms with Crippen molar-refractivity contribution in [2.24, 2.45) is 7.05 Å². The van der Waals surface area contributed by atoms with E-state index in [2.05, 4.69) is 25.4 Å². The van der Waals surface area contributed by atoms with Gasteiger partial charge in [0, 0.05) is 38.1 Å². The minimum absolute atomic E-state index is 0.610. The lowest BCUT2D eigenvalue weighted by molar-refractivity contribution is 0.768. The number of aryl methyl sites for hydroxylation is 2. The standard InChI is InChI=1S/C15H16N6/c1-10-5-4-6-17-14(10)15-19-12(7-13(16-2)20-15)11-8-18-21(3)9-11/h4-9H,1-3H3,(H,16,19,20). The van der Waals surface area contributed by atoms with E-state index < -0.39 is 0 Å². The Hall–Kier alpha value is -2.76. The van der Waals surface area contributed by atoms with E-state index in [1.165, 1.54) is 0 Å². The summed E-state index contributed by atoms with van der Waals surface area (Å²) in [5.74, 6) is 1.36. The molecule has 0 saturated heterocycles. The van der Waals surface area contributed by atoms with E-state index in [-0.39, 0.29) is 0 Å². The van der Waals surface area contributed by atoms with Crippen LogP contribution in [0.25, 0.3) is 22.8 Å². The number of pyridine rings is 1. The second kappa shape index (κ2) is 5.32. The van der Waals surface area contributed by atoms with Gasteiger partial charge >= 0.3 is 0 Å². The second-order valence-corrected chi connectivity index (χ2v) is 4.78. The number of hydrogen-bond donors (Lipinski definition) is 1. The fraction of sp³-hybridized carbons (Fsp3) is 0.200. The SMILES string of the molecule is CNc1cc(-c2cnn(C)c2)nc(-c2ncccc2C)n1. The van der Waals surface area contributed by atoms with Crippen LogP contribution in [0, 0.1) is 6.92 Å². The molecule has 0 radical (unpaired) electrons. The molecule has 0 spiro atoms.